The summed E-state index contributed by atoms with van der Waals surface area (Å²) in [5, 5.41) is 12.8. The summed E-state index contributed by atoms with van der Waals surface area (Å²) in [5.74, 6) is 0. The molecule has 2 aromatic carbocycles. The molecule has 0 fully saturated rings. The highest BCUT2D eigenvalue weighted by molar-refractivity contribution is 5.29. The first-order valence-corrected chi connectivity index (χ1v) is 6.57. The number of hydrogen-bond donors (Lipinski definition) is 2. The van der Waals surface area contributed by atoms with Gasteiger partial charge < -0.3 is 10.4 Å². The fourth-order valence-corrected chi connectivity index (χ4v) is 2.09. The Morgan fingerprint density at radius 3 is 2.24 bits per heavy atom. The van der Waals surface area contributed by atoms with Gasteiger partial charge in [-0.3, -0.25) is 0 Å². The van der Waals surface area contributed by atoms with E-state index >= 15 is 0 Å². The largest absolute Gasteiger partial charge is 0.416 e. The van der Waals surface area contributed by atoms with Gasteiger partial charge in [0.15, 0.2) is 0 Å². The van der Waals surface area contributed by atoms with Crippen molar-refractivity contribution in [1.29, 1.82) is 0 Å². The highest BCUT2D eigenvalue weighted by atomic mass is 19.4. The molecule has 2 N–H and O–H groups in total. The van der Waals surface area contributed by atoms with Crippen molar-refractivity contribution in [3.05, 3.63) is 71.3 Å². The van der Waals surface area contributed by atoms with Crippen LogP contribution < -0.4 is 5.32 Å². The fourth-order valence-electron chi connectivity index (χ4n) is 2.09. The molecule has 2 rings (SSSR count). The summed E-state index contributed by atoms with van der Waals surface area (Å²) >= 11 is 0. The normalized spacial score (nSPS) is 13.1. The molecular weight excluding hydrogens is 279 g/mol. The van der Waals surface area contributed by atoms with E-state index in [1.807, 2.05) is 6.07 Å². The van der Waals surface area contributed by atoms with E-state index in [1.54, 1.807) is 30.3 Å². The fraction of sp³-hybridized carbons (Fsp3) is 0.250. The van der Waals surface area contributed by atoms with Gasteiger partial charge in [-0.1, -0.05) is 48.5 Å². The first kappa shape index (κ1) is 15.5. The molecule has 0 amide bonds. The van der Waals surface area contributed by atoms with Crippen LogP contribution in [0.25, 0.3) is 0 Å². The molecule has 0 bridgehead atoms. The van der Waals surface area contributed by atoms with Crippen molar-refractivity contribution in [2.24, 2.45) is 0 Å². The van der Waals surface area contributed by atoms with E-state index < -0.39 is 17.8 Å². The average molecular weight is 295 g/mol. The Morgan fingerprint density at radius 2 is 1.57 bits per heavy atom. The van der Waals surface area contributed by atoms with Gasteiger partial charge in [-0.15, -0.1) is 0 Å². The molecule has 5 heteroatoms. The maximum atomic E-state index is 12.8. The van der Waals surface area contributed by atoms with Crippen molar-refractivity contribution in [3.8, 4) is 0 Å². The van der Waals surface area contributed by atoms with Crippen LogP contribution in [0.2, 0.25) is 0 Å². The Balaban J connectivity index is 1.95. The lowest BCUT2D eigenvalue weighted by Crippen LogP contribution is -2.22. The van der Waals surface area contributed by atoms with E-state index in [4.69, 9.17) is 0 Å². The van der Waals surface area contributed by atoms with Crippen molar-refractivity contribution in [1.82, 2.24) is 5.32 Å². The number of alkyl halides is 3. The van der Waals surface area contributed by atoms with Crippen LogP contribution in [0.4, 0.5) is 13.2 Å². The van der Waals surface area contributed by atoms with Crippen molar-refractivity contribution in [3.63, 3.8) is 0 Å². The highest BCUT2D eigenvalue weighted by Gasteiger charge is 2.32. The Bertz CT molecular complexity index is 569. The van der Waals surface area contributed by atoms with Crippen LogP contribution in [-0.4, -0.2) is 11.7 Å². The zero-order chi connectivity index (χ0) is 15.3. The summed E-state index contributed by atoms with van der Waals surface area (Å²) in [6, 6.07) is 14.4. The molecule has 0 saturated carbocycles. The minimum absolute atomic E-state index is 0.0551. The molecule has 2 aromatic rings. The van der Waals surface area contributed by atoms with Gasteiger partial charge in [0.05, 0.1) is 11.7 Å². The van der Waals surface area contributed by atoms with Gasteiger partial charge in [0, 0.05) is 13.1 Å². The SMILES string of the molecule is O[C@H](CNCc1ccccc1C(F)(F)F)c1ccccc1. The second-order valence-electron chi connectivity index (χ2n) is 4.71. The van der Waals surface area contributed by atoms with E-state index in [0.717, 1.165) is 11.6 Å². The van der Waals surface area contributed by atoms with Crippen LogP contribution in [0.3, 0.4) is 0 Å². The summed E-state index contributed by atoms with van der Waals surface area (Å²) in [7, 11) is 0. The molecule has 0 aliphatic heterocycles. The van der Waals surface area contributed by atoms with Gasteiger partial charge in [-0.05, 0) is 17.2 Å². The molecule has 2 nitrogen and oxygen atoms in total. The predicted molar refractivity (Wildman–Crippen MR) is 74.6 cm³/mol. The molecule has 0 aromatic heterocycles. The van der Waals surface area contributed by atoms with Crippen molar-refractivity contribution in [2.45, 2.75) is 18.8 Å². The molecule has 0 saturated heterocycles. The second kappa shape index (κ2) is 6.74. The number of rotatable bonds is 5. The molecular formula is C16H16F3NO. The molecule has 21 heavy (non-hydrogen) atoms. The molecule has 112 valence electrons. The average Bonchev–Trinajstić information content (AvgIpc) is 2.47. The van der Waals surface area contributed by atoms with E-state index in [2.05, 4.69) is 5.32 Å². The summed E-state index contributed by atoms with van der Waals surface area (Å²) in [5.41, 5.74) is 0.256. The van der Waals surface area contributed by atoms with Crippen molar-refractivity contribution in [2.75, 3.05) is 6.54 Å². The van der Waals surface area contributed by atoms with Crippen molar-refractivity contribution >= 4 is 0 Å². The Labute approximate surface area is 121 Å². The van der Waals surface area contributed by atoms with Gasteiger partial charge in [0.2, 0.25) is 0 Å². The Morgan fingerprint density at radius 1 is 0.952 bits per heavy atom. The topological polar surface area (TPSA) is 32.3 Å². The Hall–Kier alpha value is -1.85. The van der Waals surface area contributed by atoms with E-state index in [1.165, 1.54) is 12.1 Å². The van der Waals surface area contributed by atoms with E-state index in [-0.39, 0.29) is 18.7 Å². The molecule has 0 spiro atoms. The van der Waals surface area contributed by atoms with Crippen LogP contribution in [0.5, 0.6) is 0 Å². The minimum Gasteiger partial charge on any atom is -0.387 e. The monoisotopic (exact) mass is 295 g/mol. The van der Waals surface area contributed by atoms with E-state index in [9.17, 15) is 18.3 Å². The first-order valence-electron chi connectivity index (χ1n) is 6.57. The summed E-state index contributed by atoms with van der Waals surface area (Å²) in [6.45, 7) is 0.246. The summed E-state index contributed by atoms with van der Waals surface area (Å²) < 4.78 is 38.5. The third-order valence-corrected chi connectivity index (χ3v) is 3.16. The molecule has 1 atom stereocenters. The summed E-state index contributed by atoms with van der Waals surface area (Å²) in [4.78, 5) is 0. The van der Waals surface area contributed by atoms with Crippen molar-refractivity contribution < 1.29 is 18.3 Å². The zero-order valence-corrected chi connectivity index (χ0v) is 11.3. The van der Waals surface area contributed by atoms with Crippen LogP contribution >= 0.6 is 0 Å². The van der Waals surface area contributed by atoms with Gasteiger partial charge in [0.1, 0.15) is 0 Å². The zero-order valence-electron chi connectivity index (χ0n) is 11.3. The van der Waals surface area contributed by atoms with Gasteiger partial charge in [0.25, 0.3) is 0 Å². The minimum atomic E-state index is -4.36. The third-order valence-electron chi connectivity index (χ3n) is 3.16. The predicted octanol–water partition coefficient (Wildman–Crippen LogP) is 3.53. The number of halogens is 3. The standard InChI is InChI=1S/C16H16F3NO/c17-16(18,19)14-9-5-4-8-13(14)10-20-11-15(21)12-6-2-1-3-7-12/h1-9,15,20-21H,10-11H2/t15-/m1/s1. The van der Waals surface area contributed by atoms with Gasteiger partial charge >= 0.3 is 6.18 Å². The van der Waals surface area contributed by atoms with Crippen LogP contribution in [0.1, 0.15) is 22.8 Å². The maximum Gasteiger partial charge on any atom is 0.416 e. The molecule has 0 unspecified atom stereocenters. The number of nitrogens with one attached hydrogen (secondary N) is 1. The summed E-state index contributed by atoms with van der Waals surface area (Å²) in [6.07, 6.45) is -5.11. The number of aliphatic hydroxyl groups excluding tert-OH is 1. The maximum absolute atomic E-state index is 12.8. The smallest absolute Gasteiger partial charge is 0.387 e. The molecule has 0 heterocycles. The van der Waals surface area contributed by atoms with E-state index in [0.29, 0.717) is 0 Å². The van der Waals surface area contributed by atoms with Crippen LogP contribution in [0.15, 0.2) is 54.6 Å². The molecule has 0 aliphatic carbocycles. The van der Waals surface area contributed by atoms with Gasteiger partial charge in [-0.25, -0.2) is 0 Å². The second-order valence-corrected chi connectivity index (χ2v) is 4.71. The number of benzene rings is 2. The Kier molecular flexibility index (Phi) is 4.98. The third kappa shape index (κ3) is 4.31. The highest BCUT2D eigenvalue weighted by Crippen LogP contribution is 2.31. The number of hydrogen-bond acceptors (Lipinski definition) is 2. The first-order chi connectivity index (χ1) is 9.98. The van der Waals surface area contributed by atoms with Crippen LogP contribution in [-0.2, 0) is 12.7 Å². The lowest BCUT2D eigenvalue weighted by atomic mass is 10.1. The van der Waals surface area contributed by atoms with Gasteiger partial charge in [-0.2, -0.15) is 13.2 Å². The molecule has 0 aliphatic rings. The number of aliphatic hydroxyl groups is 1. The quantitative estimate of drug-likeness (QED) is 0.884. The lowest BCUT2D eigenvalue weighted by Gasteiger charge is -2.15. The van der Waals surface area contributed by atoms with Crippen LogP contribution in [0, 0.1) is 0 Å². The molecule has 0 radical (unpaired) electrons. The lowest BCUT2D eigenvalue weighted by molar-refractivity contribution is -0.138.